The first-order valence-corrected chi connectivity index (χ1v) is 8.81. The average Bonchev–Trinajstić information content (AvgIpc) is 2.97. The van der Waals surface area contributed by atoms with E-state index in [0.717, 1.165) is 18.8 Å². The van der Waals surface area contributed by atoms with Gasteiger partial charge >= 0.3 is 0 Å². The second-order valence-corrected chi connectivity index (χ2v) is 7.23. The summed E-state index contributed by atoms with van der Waals surface area (Å²) in [5.74, 6) is 2.08. The van der Waals surface area contributed by atoms with E-state index in [1.807, 2.05) is 12.1 Å². The molecule has 8 heteroatoms. The number of nitrogens with one attached hydrogen (secondary N) is 2. The number of sulfone groups is 1. The number of hydrogen-bond donors (Lipinski definition) is 2. The van der Waals surface area contributed by atoms with Crippen molar-refractivity contribution in [2.24, 2.45) is 4.99 Å². The molecule has 2 rings (SSSR count). The minimum absolute atomic E-state index is 0.262. The van der Waals surface area contributed by atoms with Crippen molar-refractivity contribution in [3.8, 4) is 0 Å². The maximum Gasteiger partial charge on any atom is 0.191 e. The molecular formula is C13H22N4O3S. The fourth-order valence-electron chi connectivity index (χ4n) is 2.11. The molecule has 2 heterocycles. The van der Waals surface area contributed by atoms with Gasteiger partial charge in [0.15, 0.2) is 15.8 Å². The zero-order valence-corrected chi connectivity index (χ0v) is 13.0. The highest BCUT2D eigenvalue weighted by atomic mass is 32.2. The Hall–Kier alpha value is -1.54. The molecule has 2 N–H and O–H groups in total. The van der Waals surface area contributed by atoms with Crippen LogP contribution >= 0.6 is 0 Å². The van der Waals surface area contributed by atoms with Gasteiger partial charge in [-0.25, -0.2) is 8.42 Å². The van der Waals surface area contributed by atoms with Crippen molar-refractivity contribution in [2.75, 3.05) is 44.7 Å². The third-order valence-corrected chi connectivity index (χ3v) is 5.00. The van der Waals surface area contributed by atoms with Crippen LogP contribution in [0.2, 0.25) is 0 Å². The van der Waals surface area contributed by atoms with Gasteiger partial charge in [0.25, 0.3) is 0 Å². The highest BCUT2D eigenvalue weighted by Gasteiger charge is 2.20. The van der Waals surface area contributed by atoms with E-state index in [4.69, 9.17) is 4.42 Å². The zero-order chi connectivity index (χ0) is 15.1. The molecule has 7 nitrogen and oxygen atoms in total. The topological polar surface area (TPSA) is 86.9 Å². The molecule has 0 saturated carbocycles. The first-order valence-electron chi connectivity index (χ1n) is 6.99. The third kappa shape index (κ3) is 5.39. The average molecular weight is 314 g/mol. The minimum Gasteiger partial charge on any atom is -0.467 e. The molecule has 0 amide bonds. The first-order chi connectivity index (χ1) is 10.1. The smallest absolute Gasteiger partial charge is 0.191 e. The molecule has 0 radical (unpaired) electrons. The second-order valence-electron chi connectivity index (χ2n) is 4.93. The SMILES string of the molecule is CN=C(NCCN1CCS(=O)(=O)CC1)NCc1ccco1. The molecule has 1 aliphatic rings. The van der Waals surface area contributed by atoms with E-state index in [0.29, 0.717) is 25.6 Å². The quantitative estimate of drug-likeness (QED) is 0.572. The molecule has 1 aromatic heterocycles. The predicted molar refractivity (Wildman–Crippen MR) is 82.0 cm³/mol. The summed E-state index contributed by atoms with van der Waals surface area (Å²) >= 11 is 0. The number of nitrogens with zero attached hydrogens (tertiary/aromatic N) is 2. The maximum atomic E-state index is 11.3. The fraction of sp³-hybridized carbons (Fsp3) is 0.615. The van der Waals surface area contributed by atoms with Crippen molar-refractivity contribution < 1.29 is 12.8 Å². The molecule has 1 aromatic rings. The number of hydrogen-bond acceptors (Lipinski definition) is 5. The van der Waals surface area contributed by atoms with Crippen molar-refractivity contribution in [3.05, 3.63) is 24.2 Å². The number of aliphatic imine (C=N–C) groups is 1. The van der Waals surface area contributed by atoms with E-state index >= 15 is 0 Å². The van der Waals surface area contributed by atoms with Crippen LogP contribution in [0.15, 0.2) is 27.8 Å². The van der Waals surface area contributed by atoms with Crippen LogP contribution in [0.3, 0.4) is 0 Å². The Morgan fingerprint density at radius 2 is 2.14 bits per heavy atom. The van der Waals surface area contributed by atoms with E-state index < -0.39 is 9.84 Å². The van der Waals surface area contributed by atoms with Gasteiger partial charge in [0.1, 0.15) is 5.76 Å². The Morgan fingerprint density at radius 3 is 2.76 bits per heavy atom. The van der Waals surface area contributed by atoms with Crippen LogP contribution in [-0.4, -0.2) is 64.0 Å². The summed E-state index contributed by atoms with van der Waals surface area (Å²) in [6, 6.07) is 3.74. The summed E-state index contributed by atoms with van der Waals surface area (Å²) in [4.78, 5) is 6.28. The summed E-state index contributed by atoms with van der Waals surface area (Å²) < 4.78 is 27.9. The molecule has 0 atom stereocenters. The normalized spacial score (nSPS) is 19.4. The largest absolute Gasteiger partial charge is 0.467 e. The number of guanidine groups is 1. The van der Waals surface area contributed by atoms with Gasteiger partial charge in [0.05, 0.1) is 24.3 Å². The summed E-state index contributed by atoms with van der Waals surface area (Å²) in [5.41, 5.74) is 0. The standard InChI is InChI=1S/C13H22N4O3S/c1-14-13(16-11-12-3-2-8-20-12)15-4-5-17-6-9-21(18,19)10-7-17/h2-3,8H,4-7,9-11H2,1H3,(H2,14,15,16). The molecule has 0 bridgehead atoms. The van der Waals surface area contributed by atoms with Gasteiger partial charge in [-0.3, -0.25) is 9.89 Å². The molecule has 1 saturated heterocycles. The van der Waals surface area contributed by atoms with E-state index in [9.17, 15) is 8.42 Å². The monoisotopic (exact) mass is 314 g/mol. The lowest BCUT2D eigenvalue weighted by Gasteiger charge is -2.26. The van der Waals surface area contributed by atoms with E-state index in [1.54, 1.807) is 13.3 Å². The summed E-state index contributed by atoms with van der Waals surface area (Å²) in [6.45, 7) is 3.33. The van der Waals surface area contributed by atoms with Gasteiger partial charge in [-0.15, -0.1) is 0 Å². The van der Waals surface area contributed by atoms with Crippen LogP contribution in [0.5, 0.6) is 0 Å². The highest BCUT2D eigenvalue weighted by molar-refractivity contribution is 7.91. The van der Waals surface area contributed by atoms with Crippen molar-refractivity contribution in [1.82, 2.24) is 15.5 Å². The fourth-order valence-corrected chi connectivity index (χ4v) is 3.39. The lowest BCUT2D eigenvalue weighted by molar-refractivity contribution is 0.299. The Balaban J connectivity index is 1.65. The van der Waals surface area contributed by atoms with Crippen molar-refractivity contribution in [1.29, 1.82) is 0 Å². The maximum absolute atomic E-state index is 11.3. The second kappa shape index (κ2) is 7.46. The Labute approximate surface area is 125 Å². The molecule has 0 aliphatic carbocycles. The van der Waals surface area contributed by atoms with Crippen molar-refractivity contribution in [2.45, 2.75) is 6.54 Å². The van der Waals surface area contributed by atoms with Crippen LogP contribution in [0.25, 0.3) is 0 Å². The van der Waals surface area contributed by atoms with Crippen LogP contribution in [0, 0.1) is 0 Å². The number of furan rings is 1. The predicted octanol–water partition coefficient (Wildman–Crippen LogP) is -0.325. The molecule has 0 aromatic carbocycles. The van der Waals surface area contributed by atoms with E-state index in [1.165, 1.54) is 0 Å². The van der Waals surface area contributed by atoms with Gasteiger partial charge in [-0.05, 0) is 12.1 Å². The Kier molecular flexibility index (Phi) is 5.63. The Bertz CT molecular complexity index is 540. The molecule has 0 spiro atoms. The van der Waals surface area contributed by atoms with E-state index in [2.05, 4.69) is 20.5 Å². The van der Waals surface area contributed by atoms with Crippen molar-refractivity contribution >= 4 is 15.8 Å². The summed E-state index contributed by atoms with van der Waals surface area (Å²) in [5, 5.41) is 6.36. The highest BCUT2D eigenvalue weighted by Crippen LogP contribution is 2.02. The molecule has 1 aliphatic heterocycles. The zero-order valence-electron chi connectivity index (χ0n) is 12.2. The lowest BCUT2D eigenvalue weighted by Crippen LogP contribution is -2.45. The molecular weight excluding hydrogens is 292 g/mol. The molecule has 1 fully saturated rings. The molecule has 21 heavy (non-hydrogen) atoms. The van der Waals surface area contributed by atoms with Gasteiger partial charge in [-0.1, -0.05) is 0 Å². The third-order valence-electron chi connectivity index (χ3n) is 3.39. The van der Waals surface area contributed by atoms with Gasteiger partial charge in [-0.2, -0.15) is 0 Å². The summed E-state index contributed by atoms with van der Waals surface area (Å²) in [7, 11) is -1.09. The summed E-state index contributed by atoms with van der Waals surface area (Å²) in [6.07, 6.45) is 1.64. The lowest BCUT2D eigenvalue weighted by atomic mass is 10.4. The molecule has 118 valence electrons. The van der Waals surface area contributed by atoms with E-state index in [-0.39, 0.29) is 11.5 Å². The van der Waals surface area contributed by atoms with Gasteiger partial charge in [0, 0.05) is 33.2 Å². The molecule has 0 unspecified atom stereocenters. The van der Waals surface area contributed by atoms with Crippen LogP contribution in [0.4, 0.5) is 0 Å². The van der Waals surface area contributed by atoms with Gasteiger partial charge in [0.2, 0.25) is 0 Å². The Morgan fingerprint density at radius 1 is 1.38 bits per heavy atom. The first kappa shape index (κ1) is 15.8. The van der Waals surface area contributed by atoms with Crippen LogP contribution in [-0.2, 0) is 16.4 Å². The van der Waals surface area contributed by atoms with Crippen LogP contribution < -0.4 is 10.6 Å². The minimum atomic E-state index is -2.80. The van der Waals surface area contributed by atoms with Gasteiger partial charge < -0.3 is 15.1 Å². The number of rotatable bonds is 5. The van der Waals surface area contributed by atoms with Crippen molar-refractivity contribution in [3.63, 3.8) is 0 Å². The van der Waals surface area contributed by atoms with Crippen LogP contribution in [0.1, 0.15) is 5.76 Å².